The predicted molar refractivity (Wildman–Crippen MR) is 75.8 cm³/mol. The van der Waals surface area contributed by atoms with Crippen LogP contribution in [0.3, 0.4) is 0 Å². The van der Waals surface area contributed by atoms with E-state index in [1.165, 1.54) is 6.26 Å². The number of amides is 1. The highest BCUT2D eigenvalue weighted by Crippen LogP contribution is 2.20. The molecule has 0 saturated carbocycles. The number of carbonyl (C=O) groups excluding carboxylic acids is 1. The zero-order valence-corrected chi connectivity index (χ0v) is 11.4. The second-order valence-electron chi connectivity index (χ2n) is 4.35. The van der Waals surface area contributed by atoms with E-state index in [0.29, 0.717) is 17.7 Å². The van der Waals surface area contributed by atoms with Crippen LogP contribution in [0, 0.1) is 6.92 Å². The minimum Gasteiger partial charge on any atom is -0.507 e. The number of nitrogens with one attached hydrogen (secondary N) is 1. The molecule has 0 aliphatic carbocycles. The minimum absolute atomic E-state index is 0.142. The molecule has 2 N–H and O–H groups in total. The van der Waals surface area contributed by atoms with E-state index in [0.717, 1.165) is 5.56 Å². The van der Waals surface area contributed by atoms with Gasteiger partial charge in [-0.15, -0.1) is 0 Å². The van der Waals surface area contributed by atoms with Crippen LogP contribution in [0.25, 0.3) is 0 Å². The predicted octanol–water partition coefficient (Wildman–Crippen LogP) is 2.84. The molecule has 1 amide bonds. The van der Waals surface area contributed by atoms with Gasteiger partial charge in [0.1, 0.15) is 5.75 Å². The first-order valence-electron chi connectivity index (χ1n) is 6.32. The van der Waals surface area contributed by atoms with Crippen molar-refractivity contribution in [3.63, 3.8) is 0 Å². The van der Waals surface area contributed by atoms with Gasteiger partial charge in [0.15, 0.2) is 5.76 Å². The summed E-state index contributed by atoms with van der Waals surface area (Å²) in [4.78, 5) is 11.7. The van der Waals surface area contributed by atoms with Crippen molar-refractivity contribution in [2.75, 3.05) is 0 Å². The zero-order chi connectivity index (χ0) is 14.5. The molecule has 0 radical (unpaired) electrons. The van der Waals surface area contributed by atoms with Crippen LogP contribution in [0.4, 0.5) is 0 Å². The molecule has 5 nitrogen and oxygen atoms in total. The molecule has 20 heavy (non-hydrogen) atoms. The van der Waals surface area contributed by atoms with Crippen LogP contribution in [-0.2, 0) is 0 Å². The number of hydrazone groups is 1. The van der Waals surface area contributed by atoms with Crippen LogP contribution in [0.1, 0.15) is 35.0 Å². The Kier molecular flexibility index (Phi) is 4.20. The van der Waals surface area contributed by atoms with Gasteiger partial charge in [0.2, 0.25) is 0 Å². The standard InChI is InChI=1S/C15H16N2O3/c1-3-12(11-9-10(2)6-7-13(11)18)16-17-15(19)14-5-4-8-20-14/h4-9,18H,3H2,1-2H3,(H,17,19)/b16-12+. The molecule has 0 aliphatic heterocycles. The van der Waals surface area contributed by atoms with Gasteiger partial charge in [-0.25, -0.2) is 5.43 Å². The van der Waals surface area contributed by atoms with Gasteiger partial charge in [0, 0.05) is 5.56 Å². The highest BCUT2D eigenvalue weighted by atomic mass is 16.3. The molecule has 2 aromatic rings. The zero-order valence-electron chi connectivity index (χ0n) is 11.4. The maximum Gasteiger partial charge on any atom is 0.307 e. The number of hydrogen-bond acceptors (Lipinski definition) is 4. The highest BCUT2D eigenvalue weighted by molar-refractivity contribution is 6.03. The van der Waals surface area contributed by atoms with Crippen molar-refractivity contribution in [2.45, 2.75) is 20.3 Å². The first-order chi connectivity index (χ1) is 9.61. The van der Waals surface area contributed by atoms with Gasteiger partial charge in [-0.05, 0) is 37.6 Å². The van der Waals surface area contributed by atoms with Gasteiger partial charge in [0.25, 0.3) is 0 Å². The summed E-state index contributed by atoms with van der Waals surface area (Å²) in [6, 6.07) is 8.45. The Morgan fingerprint density at radius 1 is 1.40 bits per heavy atom. The number of aromatic hydroxyl groups is 1. The molecule has 1 aromatic heterocycles. The van der Waals surface area contributed by atoms with Crippen LogP contribution in [0.15, 0.2) is 46.1 Å². The summed E-state index contributed by atoms with van der Waals surface area (Å²) in [5, 5.41) is 13.9. The van der Waals surface area contributed by atoms with Crippen molar-refractivity contribution in [2.24, 2.45) is 5.10 Å². The quantitative estimate of drug-likeness (QED) is 0.664. The van der Waals surface area contributed by atoms with Gasteiger partial charge in [-0.3, -0.25) is 4.79 Å². The molecule has 0 atom stereocenters. The maximum absolute atomic E-state index is 11.7. The lowest BCUT2D eigenvalue weighted by Crippen LogP contribution is -2.19. The molecule has 2 rings (SSSR count). The van der Waals surface area contributed by atoms with Crippen LogP contribution in [0.2, 0.25) is 0 Å². The number of rotatable bonds is 4. The molecule has 0 saturated heterocycles. The molecule has 0 spiro atoms. The fourth-order valence-electron chi connectivity index (χ4n) is 1.79. The minimum atomic E-state index is -0.423. The van der Waals surface area contributed by atoms with Crippen molar-refractivity contribution in [1.29, 1.82) is 0 Å². The summed E-state index contributed by atoms with van der Waals surface area (Å²) in [6.45, 7) is 3.83. The third-order valence-electron chi connectivity index (χ3n) is 2.84. The summed E-state index contributed by atoms with van der Waals surface area (Å²) in [5.74, 6) is -0.0887. The SMILES string of the molecule is CC/C(=N\NC(=O)c1ccco1)c1cc(C)ccc1O. The number of carbonyl (C=O) groups is 1. The lowest BCUT2D eigenvalue weighted by atomic mass is 10.0. The summed E-state index contributed by atoms with van der Waals surface area (Å²) >= 11 is 0. The summed E-state index contributed by atoms with van der Waals surface area (Å²) in [6.07, 6.45) is 2.00. The number of benzene rings is 1. The van der Waals surface area contributed by atoms with Crippen LogP contribution in [0.5, 0.6) is 5.75 Å². The van der Waals surface area contributed by atoms with Gasteiger partial charge < -0.3 is 9.52 Å². The Morgan fingerprint density at radius 2 is 2.20 bits per heavy atom. The highest BCUT2D eigenvalue weighted by Gasteiger charge is 2.10. The van der Waals surface area contributed by atoms with Gasteiger partial charge in [-0.1, -0.05) is 18.6 Å². The molecule has 0 aliphatic rings. The Bertz CT molecular complexity index is 631. The molecule has 0 fully saturated rings. The van der Waals surface area contributed by atoms with Gasteiger partial charge >= 0.3 is 5.91 Å². The molecule has 5 heteroatoms. The summed E-state index contributed by atoms with van der Waals surface area (Å²) in [5.41, 5.74) is 4.66. The van der Waals surface area contributed by atoms with Crippen molar-refractivity contribution in [3.05, 3.63) is 53.5 Å². The maximum atomic E-state index is 11.7. The Morgan fingerprint density at radius 3 is 2.85 bits per heavy atom. The lowest BCUT2D eigenvalue weighted by molar-refractivity contribution is 0.0927. The average molecular weight is 272 g/mol. The smallest absolute Gasteiger partial charge is 0.307 e. The fraction of sp³-hybridized carbons (Fsp3) is 0.200. The van der Waals surface area contributed by atoms with Crippen LogP contribution >= 0.6 is 0 Å². The third kappa shape index (κ3) is 3.06. The molecule has 1 aromatic carbocycles. The van der Waals surface area contributed by atoms with E-state index in [2.05, 4.69) is 10.5 Å². The average Bonchev–Trinajstić information content (AvgIpc) is 2.97. The lowest BCUT2D eigenvalue weighted by Gasteiger charge is -2.08. The number of hydrogen-bond donors (Lipinski definition) is 2. The van der Waals surface area contributed by atoms with Gasteiger partial charge in [-0.2, -0.15) is 5.10 Å². The Hall–Kier alpha value is -2.56. The van der Waals surface area contributed by atoms with Crippen molar-refractivity contribution < 1.29 is 14.3 Å². The molecule has 104 valence electrons. The topological polar surface area (TPSA) is 74.8 Å². The fourth-order valence-corrected chi connectivity index (χ4v) is 1.79. The van der Waals surface area contributed by atoms with Gasteiger partial charge in [0.05, 0.1) is 12.0 Å². The number of furan rings is 1. The second-order valence-corrected chi connectivity index (χ2v) is 4.35. The third-order valence-corrected chi connectivity index (χ3v) is 2.84. The number of phenolic OH excluding ortho intramolecular Hbond substituents is 1. The van der Waals surface area contributed by atoms with E-state index in [1.54, 1.807) is 18.2 Å². The number of nitrogens with zero attached hydrogens (tertiary/aromatic N) is 1. The van der Waals surface area contributed by atoms with E-state index >= 15 is 0 Å². The molecule has 1 heterocycles. The monoisotopic (exact) mass is 272 g/mol. The van der Waals surface area contributed by atoms with Crippen molar-refractivity contribution in [1.82, 2.24) is 5.43 Å². The Balaban J connectivity index is 2.21. The molecule has 0 unspecified atom stereocenters. The van der Waals surface area contributed by atoms with E-state index in [1.807, 2.05) is 26.0 Å². The molecular weight excluding hydrogens is 256 g/mol. The van der Waals surface area contributed by atoms with Crippen molar-refractivity contribution >= 4 is 11.6 Å². The Labute approximate surface area is 116 Å². The second kappa shape index (κ2) is 6.06. The van der Waals surface area contributed by atoms with Crippen LogP contribution in [-0.4, -0.2) is 16.7 Å². The summed E-state index contributed by atoms with van der Waals surface area (Å²) < 4.78 is 4.98. The number of aryl methyl sites for hydroxylation is 1. The van der Waals surface area contributed by atoms with Crippen molar-refractivity contribution in [3.8, 4) is 5.75 Å². The van der Waals surface area contributed by atoms with E-state index < -0.39 is 5.91 Å². The van der Waals surface area contributed by atoms with E-state index in [4.69, 9.17) is 4.42 Å². The van der Waals surface area contributed by atoms with E-state index in [9.17, 15) is 9.90 Å². The molecule has 0 bridgehead atoms. The first-order valence-corrected chi connectivity index (χ1v) is 6.32. The van der Waals surface area contributed by atoms with E-state index in [-0.39, 0.29) is 11.5 Å². The molecular formula is C15H16N2O3. The largest absolute Gasteiger partial charge is 0.507 e. The normalized spacial score (nSPS) is 11.4. The summed E-state index contributed by atoms with van der Waals surface area (Å²) in [7, 11) is 0. The van der Waals surface area contributed by atoms with Crippen LogP contribution < -0.4 is 5.43 Å². The number of phenols is 1. The first kappa shape index (κ1) is 13.9.